The van der Waals surface area contributed by atoms with Crippen LogP contribution in [0.5, 0.6) is 5.75 Å². The van der Waals surface area contributed by atoms with E-state index in [1.807, 2.05) is 42.5 Å². The first-order valence-corrected chi connectivity index (χ1v) is 13.4. The summed E-state index contributed by atoms with van der Waals surface area (Å²) in [6.07, 6.45) is 10.7. The second kappa shape index (κ2) is 12.7. The second-order valence-electron chi connectivity index (χ2n) is 9.01. The number of nitrogens with zero attached hydrogens (tertiary/aromatic N) is 1. The van der Waals surface area contributed by atoms with Crippen molar-refractivity contribution in [1.29, 1.82) is 0 Å². The summed E-state index contributed by atoms with van der Waals surface area (Å²) in [5.41, 5.74) is 5.42. The smallest absolute Gasteiger partial charge is 0.363 e. The van der Waals surface area contributed by atoms with Gasteiger partial charge in [-0.1, -0.05) is 91.4 Å². The first-order chi connectivity index (χ1) is 17.6. The topological polar surface area (TPSA) is 47.9 Å². The van der Waals surface area contributed by atoms with Gasteiger partial charge in [0.1, 0.15) is 5.75 Å². The Morgan fingerprint density at radius 1 is 0.861 bits per heavy atom. The van der Waals surface area contributed by atoms with E-state index in [9.17, 15) is 4.79 Å². The Morgan fingerprint density at radius 3 is 2.19 bits per heavy atom. The van der Waals surface area contributed by atoms with Gasteiger partial charge in [0, 0.05) is 15.6 Å². The summed E-state index contributed by atoms with van der Waals surface area (Å²) in [4.78, 5) is 16.9. The number of carbonyl (C=O) groups excluding carboxylic acids is 1. The lowest BCUT2D eigenvalue weighted by Gasteiger charge is -2.06. The predicted octanol–water partition coefficient (Wildman–Crippen LogP) is 8.37. The zero-order chi connectivity index (χ0) is 25.3. The summed E-state index contributed by atoms with van der Waals surface area (Å²) < 4.78 is 11.7. The fourth-order valence-corrected chi connectivity index (χ4v) is 4.66. The largest absolute Gasteiger partial charge is 0.496 e. The highest BCUT2D eigenvalue weighted by molar-refractivity contribution is 9.10. The molecule has 5 heteroatoms. The van der Waals surface area contributed by atoms with E-state index >= 15 is 0 Å². The molecule has 3 aromatic carbocycles. The van der Waals surface area contributed by atoms with Gasteiger partial charge in [0.2, 0.25) is 5.90 Å². The fraction of sp³-hybridized carbons (Fsp3) is 0.290. The summed E-state index contributed by atoms with van der Waals surface area (Å²) in [5.74, 6) is 0.489. The molecule has 0 saturated heterocycles. The number of ether oxygens (including phenoxy) is 2. The van der Waals surface area contributed by atoms with Crippen LogP contribution in [0.4, 0.5) is 0 Å². The molecule has 0 saturated carbocycles. The van der Waals surface area contributed by atoms with E-state index in [0.29, 0.717) is 11.6 Å². The minimum Gasteiger partial charge on any atom is -0.496 e. The maximum Gasteiger partial charge on any atom is 0.363 e. The van der Waals surface area contributed by atoms with Crippen molar-refractivity contribution in [2.24, 2.45) is 4.99 Å². The quantitative estimate of drug-likeness (QED) is 0.138. The second-order valence-corrected chi connectivity index (χ2v) is 9.93. The molecular weight excluding hydrogens is 514 g/mol. The van der Waals surface area contributed by atoms with Crippen LogP contribution in [-0.4, -0.2) is 19.0 Å². The highest BCUT2D eigenvalue weighted by Gasteiger charge is 2.24. The minimum absolute atomic E-state index is 0.242. The van der Waals surface area contributed by atoms with Crippen LogP contribution in [0.2, 0.25) is 0 Å². The zero-order valence-corrected chi connectivity index (χ0v) is 22.5. The third-order valence-electron chi connectivity index (χ3n) is 6.34. The van der Waals surface area contributed by atoms with Crippen molar-refractivity contribution >= 4 is 33.9 Å². The lowest BCUT2D eigenvalue weighted by atomic mass is 10.00. The van der Waals surface area contributed by atoms with Crippen LogP contribution >= 0.6 is 15.9 Å². The Balaban J connectivity index is 1.41. The van der Waals surface area contributed by atoms with Crippen LogP contribution in [0.25, 0.3) is 17.2 Å². The standard InChI is InChI=1S/C31H32BrNO3/c1-3-4-5-6-7-8-9-22-10-12-23(13-11-22)24-14-16-25(17-15-24)30-33-28(31(34)36-30)21-26-20-27(32)18-19-29(26)35-2/h10-21H,3-9H2,1-2H3. The van der Waals surface area contributed by atoms with E-state index < -0.39 is 5.97 Å². The molecule has 36 heavy (non-hydrogen) atoms. The number of benzene rings is 3. The molecule has 0 aromatic heterocycles. The molecule has 3 aromatic rings. The normalized spacial score (nSPS) is 14.1. The van der Waals surface area contributed by atoms with E-state index in [-0.39, 0.29) is 5.70 Å². The third kappa shape index (κ3) is 6.73. The molecule has 0 N–H and O–H groups in total. The summed E-state index contributed by atoms with van der Waals surface area (Å²) in [6, 6.07) is 22.4. The monoisotopic (exact) mass is 545 g/mol. The lowest BCUT2D eigenvalue weighted by molar-refractivity contribution is -0.129. The molecule has 1 aliphatic heterocycles. The number of esters is 1. The van der Waals surface area contributed by atoms with Gasteiger partial charge in [-0.25, -0.2) is 9.79 Å². The minimum atomic E-state index is -0.475. The van der Waals surface area contributed by atoms with Gasteiger partial charge in [-0.15, -0.1) is 0 Å². The maximum absolute atomic E-state index is 12.5. The summed E-state index contributed by atoms with van der Waals surface area (Å²) in [7, 11) is 1.59. The van der Waals surface area contributed by atoms with Crippen molar-refractivity contribution in [3.63, 3.8) is 0 Å². The van der Waals surface area contributed by atoms with Crippen molar-refractivity contribution < 1.29 is 14.3 Å². The summed E-state index contributed by atoms with van der Waals surface area (Å²) >= 11 is 3.45. The summed E-state index contributed by atoms with van der Waals surface area (Å²) in [6.45, 7) is 2.25. The van der Waals surface area contributed by atoms with Crippen LogP contribution in [0, 0.1) is 0 Å². The summed E-state index contributed by atoms with van der Waals surface area (Å²) in [5, 5.41) is 0. The van der Waals surface area contributed by atoms with E-state index in [1.54, 1.807) is 13.2 Å². The Labute approximate surface area is 222 Å². The van der Waals surface area contributed by atoms with Gasteiger partial charge in [-0.2, -0.15) is 0 Å². The number of aryl methyl sites for hydroxylation is 1. The molecule has 1 aliphatic rings. The number of cyclic esters (lactones) is 1. The average molecular weight is 547 g/mol. The molecule has 186 valence electrons. The number of unbranched alkanes of at least 4 members (excludes halogenated alkanes) is 5. The van der Waals surface area contributed by atoms with Gasteiger partial charge >= 0.3 is 5.97 Å². The molecule has 0 radical (unpaired) electrons. The molecule has 0 spiro atoms. The van der Waals surface area contributed by atoms with Crippen molar-refractivity contribution in [3.05, 3.63) is 93.6 Å². The fourth-order valence-electron chi connectivity index (χ4n) is 4.28. The zero-order valence-electron chi connectivity index (χ0n) is 20.9. The maximum atomic E-state index is 12.5. The Morgan fingerprint density at radius 2 is 1.50 bits per heavy atom. The molecular formula is C31H32BrNO3. The molecule has 0 unspecified atom stereocenters. The number of carbonyl (C=O) groups is 1. The number of methoxy groups -OCH3 is 1. The van der Waals surface area contributed by atoms with Crippen LogP contribution in [0.3, 0.4) is 0 Å². The Hall–Kier alpha value is -3.18. The third-order valence-corrected chi connectivity index (χ3v) is 6.84. The first kappa shape index (κ1) is 25.9. The first-order valence-electron chi connectivity index (χ1n) is 12.6. The average Bonchev–Trinajstić information content (AvgIpc) is 3.26. The van der Waals surface area contributed by atoms with E-state index in [1.165, 1.54) is 49.7 Å². The molecule has 4 rings (SSSR count). The molecule has 4 nitrogen and oxygen atoms in total. The van der Waals surface area contributed by atoms with Crippen LogP contribution in [0.1, 0.15) is 62.1 Å². The van der Waals surface area contributed by atoms with Crippen LogP contribution in [-0.2, 0) is 16.0 Å². The van der Waals surface area contributed by atoms with E-state index in [2.05, 4.69) is 52.1 Å². The van der Waals surface area contributed by atoms with Crippen LogP contribution in [0.15, 0.2) is 81.9 Å². The SMILES string of the molecule is CCCCCCCCc1ccc(-c2ccc(C3=NC(=Cc4cc(Br)ccc4OC)C(=O)O3)cc2)cc1. The highest BCUT2D eigenvalue weighted by Crippen LogP contribution is 2.28. The molecule has 0 aliphatic carbocycles. The molecule has 0 amide bonds. The van der Waals surface area contributed by atoms with Gasteiger partial charge in [0.15, 0.2) is 5.70 Å². The number of halogens is 1. The lowest BCUT2D eigenvalue weighted by Crippen LogP contribution is -2.05. The molecule has 0 atom stereocenters. The van der Waals surface area contributed by atoms with Crippen molar-refractivity contribution in [3.8, 4) is 16.9 Å². The van der Waals surface area contributed by atoms with Crippen molar-refractivity contribution in [1.82, 2.24) is 0 Å². The number of rotatable bonds is 11. The van der Waals surface area contributed by atoms with Gasteiger partial charge in [-0.05, 0) is 65.9 Å². The van der Waals surface area contributed by atoms with Crippen molar-refractivity contribution in [2.45, 2.75) is 51.9 Å². The Bertz CT molecular complexity index is 1240. The van der Waals surface area contributed by atoms with Gasteiger partial charge in [0.25, 0.3) is 0 Å². The molecule has 1 heterocycles. The van der Waals surface area contributed by atoms with Crippen molar-refractivity contribution in [2.75, 3.05) is 7.11 Å². The number of hydrogen-bond acceptors (Lipinski definition) is 4. The van der Waals surface area contributed by atoms with Gasteiger partial charge in [0.05, 0.1) is 7.11 Å². The van der Waals surface area contributed by atoms with Gasteiger partial charge < -0.3 is 9.47 Å². The molecule has 0 fully saturated rings. The van der Waals surface area contributed by atoms with Gasteiger partial charge in [-0.3, -0.25) is 0 Å². The number of hydrogen-bond donors (Lipinski definition) is 0. The molecule has 0 bridgehead atoms. The number of aliphatic imine (C=N–C) groups is 1. The van der Waals surface area contributed by atoms with E-state index in [4.69, 9.17) is 9.47 Å². The predicted molar refractivity (Wildman–Crippen MR) is 150 cm³/mol. The van der Waals surface area contributed by atoms with Crippen LogP contribution < -0.4 is 4.74 Å². The Kier molecular flexibility index (Phi) is 9.12. The highest BCUT2D eigenvalue weighted by atomic mass is 79.9. The van der Waals surface area contributed by atoms with E-state index in [0.717, 1.165) is 27.6 Å².